The molecule has 1 amide bonds. The summed E-state index contributed by atoms with van der Waals surface area (Å²) in [7, 11) is 0. The molecule has 0 fully saturated rings. The van der Waals surface area contributed by atoms with Crippen LogP contribution >= 0.6 is 15.9 Å². The molecule has 6 heteroatoms. The van der Waals surface area contributed by atoms with E-state index >= 15 is 0 Å². The lowest BCUT2D eigenvalue weighted by molar-refractivity contribution is -0.142. The van der Waals surface area contributed by atoms with Gasteiger partial charge < -0.3 is 16.2 Å². The summed E-state index contributed by atoms with van der Waals surface area (Å²) in [5, 5.41) is 11.9. The van der Waals surface area contributed by atoms with Gasteiger partial charge in [-0.15, -0.1) is 0 Å². The number of halogens is 1. The van der Waals surface area contributed by atoms with Crippen molar-refractivity contribution in [3.63, 3.8) is 0 Å². The highest BCUT2D eigenvalue weighted by Gasteiger charge is 2.25. The Morgan fingerprint density at radius 3 is 2.48 bits per heavy atom. The molecule has 1 unspecified atom stereocenters. The monoisotopic (exact) mass is 356 g/mol. The summed E-state index contributed by atoms with van der Waals surface area (Å²) in [4.78, 5) is 23.3. The van der Waals surface area contributed by atoms with Gasteiger partial charge in [-0.1, -0.05) is 36.7 Å². The van der Waals surface area contributed by atoms with E-state index in [-0.39, 0.29) is 17.9 Å². The molecule has 0 aliphatic carbocycles. The van der Waals surface area contributed by atoms with E-state index in [2.05, 4.69) is 21.2 Å². The Bertz CT molecular complexity index is 538. The summed E-state index contributed by atoms with van der Waals surface area (Å²) >= 11 is 3.27. The molecular formula is C15H21BrN2O3. The molecule has 0 aliphatic heterocycles. The molecule has 4 N–H and O–H groups in total. The molecule has 0 saturated carbocycles. The van der Waals surface area contributed by atoms with E-state index < -0.39 is 11.9 Å². The second-order valence-corrected chi connectivity index (χ2v) is 7.16. The number of carbonyl (C=O) groups excluding carboxylic acids is 1. The van der Waals surface area contributed by atoms with Gasteiger partial charge >= 0.3 is 5.97 Å². The standard InChI is InChI=1S/C15H21BrN2O3/c1-15(2,3)7-9(14(20)21)8-18-13(19)11-5-4-10(16)6-12(11)17/h4-6,9H,7-8,17H2,1-3H3,(H,18,19)(H,20,21). The molecule has 0 radical (unpaired) electrons. The number of rotatable bonds is 5. The smallest absolute Gasteiger partial charge is 0.308 e. The van der Waals surface area contributed by atoms with Crippen LogP contribution in [-0.2, 0) is 4.79 Å². The molecule has 5 nitrogen and oxygen atoms in total. The van der Waals surface area contributed by atoms with E-state index in [9.17, 15) is 14.7 Å². The van der Waals surface area contributed by atoms with Crippen molar-refractivity contribution in [3.05, 3.63) is 28.2 Å². The molecule has 0 aliphatic rings. The minimum Gasteiger partial charge on any atom is -0.481 e. The van der Waals surface area contributed by atoms with Crippen LogP contribution in [0.1, 0.15) is 37.6 Å². The van der Waals surface area contributed by atoms with Crippen LogP contribution in [0, 0.1) is 11.3 Å². The highest BCUT2D eigenvalue weighted by Crippen LogP contribution is 2.24. The molecule has 0 spiro atoms. The molecule has 0 heterocycles. The van der Waals surface area contributed by atoms with E-state index in [1.54, 1.807) is 18.2 Å². The SMILES string of the molecule is CC(C)(C)CC(CNC(=O)c1ccc(Br)cc1N)C(=O)O. The molecule has 1 aromatic carbocycles. The van der Waals surface area contributed by atoms with Crippen LogP contribution in [0.5, 0.6) is 0 Å². The van der Waals surface area contributed by atoms with Gasteiger partial charge in [0.2, 0.25) is 0 Å². The first-order valence-corrected chi connectivity index (χ1v) is 7.45. The maximum absolute atomic E-state index is 12.1. The number of hydrogen-bond acceptors (Lipinski definition) is 3. The lowest BCUT2D eigenvalue weighted by Crippen LogP contribution is -2.35. The third-order valence-electron chi connectivity index (χ3n) is 2.98. The van der Waals surface area contributed by atoms with Crippen molar-refractivity contribution in [3.8, 4) is 0 Å². The lowest BCUT2D eigenvalue weighted by atomic mass is 9.84. The Balaban J connectivity index is 2.71. The number of carboxylic acid groups (broad SMARTS) is 1. The van der Waals surface area contributed by atoms with Crippen molar-refractivity contribution in [1.29, 1.82) is 0 Å². The number of carboxylic acids is 1. The van der Waals surface area contributed by atoms with Gasteiger partial charge in [-0.25, -0.2) is 0 Å². The average molecular weight is 357 g/mol. The number of hydrogen-bond donors (Lipinski definition) is 3. The van der Waals surface area contributed by atoms with Crippen LogP contribution in [0.25, 0.3) is 0 Å². The van der Waals surface area contributed by atoms with Crippen molar-refractivity contribution < 1.29 is 14.7 Å². The number of carbonyl (C=O) groups is 2. The van der Waals surface area contributed by atoms with Crippen LogP contribution < -0.4 is 11.1 Å². The molecule has 116 valence electrons. The van der Waals surface area contributed by atoms with Crippen molar-refractivity contribution in [2.24, 2.45) is 11.3 Å². The zero-order chi connectivity index (χ0) is 16.2. The summed E-state index contributed by atoms with van der Waals surface area (Å²) in [6.45, 7) is 5.99. The molecule has 1 rings (SSSR count). The summed E-state index contributed by atoms with van der Waals surface area (Å²) in [6.07, 6.45) is 0.485. The number of anilines is 1. The summed E-state index contributed by atoms with van der Waals surface area (Å²) in [5.74, 6) is -1.89. The molecule has 1 atom stereocenters. The zero-order valence-electron chi connectivity index (χ0n) is 12.4. The van der Waals surface area contributed by atoms with Crippen molar-refractivity contribution in [2.45, 2.75) is 27.2 Å². The molecule has 0 saturated heterocycles. The minimum absolute atomic E-state index is 0.0843. The normalized spacial score (nSPS) is 12.8. The van der Waals surface area contributed by atoms with Crippen LogP contribution in [-0.4, -0.2) is 23.5 Å². The molecule has 1 aromatic rings. The van der Waals surface area contributed by atoms with Crippen LogP contribution in [0.15, 0.2) is 22.7 Å². The van der Waals surface area contributed by atoms with Crippen molar-refractivity contribution >= 4 is 33.5 Å². The summed E-state index contributed by atoms with van der Waals surface area (Å²) in [6, 6.07) is 4.96. The van der Waals surface area contributed by atoms with Gasteiger partial charge in [0.1, 0.15) is 0 Å². The molecule has 0 bridgehead atoms. The minimum atomic E-state index is -0.908. The van der Waals surface area contributed by atoms with Gasteiger partial charge in [0.15, 0.2) is 0 Å². The topological polar surface area (TPSA) is 92.4 Å². The first-order valence-electron chi connectivity index (χ1n) is 6.66. The number of amides is 1. The Morgan fingerprint density at radius 2 is 2.00 bits per heavy atom. The number of nitrogen functional groups attached to an aromatic ring is 1. The number of nitrogens with two attached hydrogens (primary N) is 1. The van der Waals surface area contributed by atoms with E-state index in [0.29, 0.717) is 17.7 Å². The van der Waals surface area contributed by atoms with E-state index in [1.165, 1.54) is 0 Å². The molecular weight excluding hydrogens is 336 g/mol. The fourth-order valence-corrected chi connectivity index (χ4v) is 2.42. The predicted octanol–water partition coefficient (Wildman–Crippen LogP) is 2.90. The molecule has 0 aromatic heterocycles. The first kappa shape index (κ1) is 17.5. The Kier molecular flexibility index (Phi) is 5.78. The number of benzene rings is 1. The fourth-order valence-electron chi connectivity index (χ4n) is 2.04. The zero-order valence-corrected chi connectivity index (χ0v) is 14.0. The van der Waals surface area contributed by atoms with Crippen LogP contribution in [0.3, 0.4) is 0 Å². The van der Waals surface area contributed by atoms with Gasteiger partial charge in [-0.2, -0.15) is 0 Å². The van der Waals surface area contributed by atoms with Gasteiger partial charge in [-0.05, 0) is 30.0 Å². The highest BCUT2D eigenvalue weighted by atomic mass is 79.9. The number of aliphatic carboxylic acids is 1. The third kappa shape index (κ3) is 5.75. The van der Waals surface area contributed by atoms with Crippen LogP contribution in [0.4, 0.5) is 5.69 Å². The Labute approximate surface area is 133 Å². The summed E-state index contributed by atoms with van der Waals surface area (Å²) < 4.78 is 0.785. The van der Waals surface area contributed by atoms with Gasteiger partial charge in [0, 0.05) is 16.7 Å². The fraction of sp³-hybridized carbons (Fsp3) is 0.467. The van der Waals surface area contributed by atoms with E-state index in [4.69, 9.17) is 5.73 Å². The Morgan fingerprint density at radius 1 is 1.38 bits per heavy atom. The maximum Gasteiger partial charge on any atom is 0.308 e. The van der Waals surface area contributed by atoms with E-state index in [1.807, 2.05) is 20.8 Å². The predicted molar refractivity (Wildman–Crippen MR) is 86.1 cm³/mol. The molecule has 21 heavy (non-hydrogen) atoms. The average Bonchev–Trinajstić information content (AvgIpc) is 2.32. The van der Waals surface area contributed by atoms with Gasteiger partial charge in [-0.3, -0.25) is 9.59 Å². The maximum atomic E-state index is 12.1. The highest BCUT2D eigenvalue weighted by molar-refractivity contribution is 9.10. The van der Waals surface area contributed by atoms with Crippen LogP contribution in [0.2, 0.25) is 0 Å². The second-order valence-electron chi connectivity index (χ2n) is 6.24. The summed E-state index contributed by atoms with van der Waals surface area (Å²) in [5.41, 5.74) is 6.36. The van der Waals surface area contributed by atoms with Crippen molar-refractivity contribution in [1.82, 2.24) is 5.32 Å². The Hall–Kier alpha value is -1.56. The third-order valence-corrected chi connectivity index (χ3v) is 3.47. The van der Waals surface area contributed by atoms with E-state index in [0.717, 1.165) is 4.47 Å². The first-order chi connectivity index (χ1) is 9.60. The van der Waals surface area contributed by atoms with Crippen molar-refractivity contribution in [2.75, 3.05) is 12.3 Å². The number of nitrogens with one attached hydrogen (secondary N) is 1. The van der Waals surface area contributed by atoms with Gasteiger partial charge in [0.05, 0.1) is 11.5 Å². The lowest BCUT2D eigenvalue weighted by Gasteiger charge is -2.23. The second kappa shape index (κ2) is 6.93. The quantitative estimate of drug-likeness (QED) is 0.707. The largest absolute Gasteiger partial charge is 0.481 e. The van der Waals surface area contributed by atoms with Gasteiger partial charge in [0.25, 0.3) is 5.91 Å².